The third-order valence-corrected chi connectivity index (χ3v) is 5.30. The van der Waals surface area contributed by atoms with Crippen molar-refractivity contribution >= 4 is 8.60 Å². The van der Waals surface area contributed by atoms with Crippen LogP contribution in [0.25, 0.3) is 0 Å². The van der Waals surface area contributed by atoms with E-state index in [1.165, 1.54) is 0 Å². The maximum atomic E-state index is 10.5. The van der Waals surface area contributed by atoms with Crippen LogP contribution in [-0.2, 0) is 25.7 Å². The first kappa shape index (κ1) is 23.7. The molecule has 4 heteroatoms. The summed E-state index contributed by atoms with van der Waals surface area (Å²) < 4.78 is 11.6. The molecule has 0 unspecified atom stereocenters. The van der Waals surface area contributed by atoms with Gasteiger partial charge < -0.3 is 13.9 Å². The van der Waals surface area contributed by atoms with E-state index in [9.17, 15) is 4.89 Å². The van der Waals surface area contributed by atoms with Crippen molar-refractivity contribution < 1.29 is 13.9 Å². The van der Waals surface area contributed by atoms with Crippen LogP contribution >= 0.6 is 8.60 Å². The van der Waals surface area contributed by atoms with E-state index in [1.54, 1.807) is 0 Å². The Balaban J connectivity index is 2.18. The summed E-state index contributed by atoms with van der Waals surface area (Å²) in [5.74, 6) is 1.27. The van der Waals surface area contributed by atoms with Crippen LogP contribution in [0, 0.1) is 0 Å². The van der Waals surface area contributed by atoms with Crippen molar-refractivity contribution in [2.75, 3.05) is 0 Å². The molecule has 3 nitrogen and oxygen atoms in total. The molecule has 2 rings (SSSR count). The maximum absolute atomic E-state index is 10.5. The highest BCUT2D eigenvalue weighted by atomic mass is 31.2. The zero-order chi connectivity index (χ0) is 21.8. The Bertz CT molecular complexity index is 801. The van der Waals surface area contributed by atoms with Crippen molar-refractivity contribution in [1.82, 2.24) is 0 Å². The van der Waals surface area contributed by atoms with Gasteiger partial charge in [-0.05, 0) is 72.9 Å². The number of rotatable bonds is 14. The lowest BCUT2D eigenvalue weighted by atomic mass is 10.0. The Kier molecular flexibility index (Phi) is 10.1. The van der Waals surface area contributed by atoms with E-state index in [0.29, 0.717) is 11.5 Å². The minimum Gasteiger partial charge on any atom is -0.418 e. The van der Waals surface area contributed by atoms with Gasteiger partial charge in [-0.3, -0.25) is 0 Å². The highest BCUT2D eigenvalue weighted by Crippen LogP contribution is 2.40. The third kappa shape index (κ3) is 7.33. The van der Waals surface area contributed by atoms with Gasteiger partial charge in [-0.25, -0.2) is 0 Å². The summed E-state index contributed by atoms with van der Waals surface area (Å²) in [5.41, 5.74) is 4.36. The van der Waals surface area contributed by atoms with E-state index in [0.717, 1.165) is 60.8 Å². The Morgan fingerprint density at radius 2 is 1.13 bits per heavy atom. The van der Waals surface area contributed by atoms with Crippen LogP contribution in [0.2, 0.25) is 0 Å². The smallest absolute Gasteiger partial charge is 0.418 e. The molecule has 0 aliphatic heterocycles. The molecule has 0 aliphatic rings. The minimum atomic E-state index is -2.12. The van der Waals surface area contributed by atoms with Gasteiger partial charge in [-0.2, -0.15) is 0 Å². The first-order chi connectivity index (χ1) is 14.6. The molecule has 0 saturated heterocycles. The Morgan fingerprint density at radius 3 is 1.50 bits per heavy atom. The highest BCUT2D eigenvalue weighted by Gasteiger charge is 2.17. The van der Waals surface area contributed by atoms with E-state index in [2.05, 4.69) is 38.4 Å². The van der Waals surface area contributed by atoms with Crippen LogP contribution in [0.3, 0.4) is 0 Å². The number of hydrogen-bond donors (Lipinski definition) is 1. The summed E-state index contributed by atoms with van der Waals surface area (Å²) in [6, 6.07) is 11.9. The lowest BCUT2D eigenvalue weighted by molar-refractivity contribution is 0.378. The number of allylic oxidation sites excluding steroid dienone is 4. The first-order valence-electron chi connectivity index (χ1n) is 10.1. The van der Waals surface area contributed by atoms with Crippen molar-refractivity contribution in [2.24, 2.45) is 0 Å². The molecule has 0 spiro atoms. The van der Waals surface area contributed by atoms with Crippen molar-refractivity contribution in [3.63, 3.8) is 0 Å². The fourth-order valence-corrected chi connectivity index (χ4v) is 3.85. The van der Waals surface area contributed by atoms with Gasteiger partial charge in [0.1, 0.15) is 11.5 Å². The fraction of sp³-hybridized carbons (Fsp3) is 0.231. The van der Waals surface area contributed by atoms with Gasteiger partial charge in [0, 0.05) is 0 Å². The van der Waals surface area contributed by atoms with E-state index in [1.807, 2.05) is 48.6 Å². The zero-order valence-electron chi connectivity index (χ0n) is 17.6. The number of hydrogen-bond acceptors (Lipinski definition) is 3. The molecular formula is C26H31O3P. The monoisotopic (exact) mass is 422 g/mol. The molecule has 158 valence electrons. The summed E-state index contributed by atoms with van der Waals surface area (Å²) in [6.07, 6.45) is 12.3. The van der Waals surface area contributed by atoms with Gasteiger partial charge in [-0.1, -0.05) is 48.6 Å². The van der Waals surface area contributed by atoms with Gasteiger partial charge in [0.15, 0.2) is 0 Å². The van der Waals surface area contributed by atoms with E-state index >= 15 is 0 Å². The van der Waals surface area contributed by atoms with Crippen molar-refractivity contribution in [3.8, 4) is 11.5 Å². The third-order valence-electron chi connectivity index (χ3n) is 4.60. The average molecular weight is 423 g/mol. The van der Waals surface area contributed by atoms with E-state index < -0.39 is 8.60 Å². The summed E-state index contributed by atoms with van der Waals surface area (Å²) in [6.45, 7) is 15.2. The molecular weight excluding hydrogens is 391 g/mol. The van der Waals surface area contributed by atoms with Crippen molar-refractivity contribution in [3.05, 3.63) is 109 Å². The van der Waals surface area contributed by atoms with E-state index in [4.69, 9.17) is 9.05 Å². The SMILES string of the molecule is C=CCCc1cc(CC=C)ccc1OP(O)Oc1ccc(CC=C)cc1CCC=C. The summed E-state index contributed by atoms with van der Waals surface area (Å²) in [5, 5.41) is 0. The summed E-state index contributed by atoms with van der Waals surface area (Å²) >= 11 is 0. The number of benzene rings is 2. The molecule has 0 bridgehead atoms. The van der Waals surface area contributed by atoms with Gasteiger partial charge in [0.2, 0.25) is 0 Å². The average Bonchev–Trinajstić information content (AvgIpc) is 2.74. The molecule has 0 aromatic heterocycles. The summed E-state index contributed by atoms with van der Waals surface area (Å²) in [7, 11) is -2.12. The lowest BCUT2D eigenvalue weighted by Gasteiger charge is -2.18. The molecule has 0 saturated carbocycles. The Labute approximate surface area is 182 Å². The molecule has 0 fully saturated rings. The topological polar surface area (TPSA) is 38.7 Å². The normalized spacial score (nSPS) is 10.5. The van der Waals surface area contributed by atoms with Crippen LogP contribution in [0.1, 0.15) is 35.1 Å². The van der Waals surface area contributed by atoms with Crippen molar-refractivity contribution in [2.45, 2.75) is 38.5 Å². The van der Waals surface area contributed by atoms with Crippen LogP contribution in [-0.4, -0.2) is 4.89 Å². The zero-order valence-corrected chi connectivity index (χ0v) is 18.4. The second-order valence-electron chi connectivity index (χ2n) is 6.94. The predicted molar refractivity (Wildman–Crippen MR) is 128 cm³/mol. The standard InChI is InChI=1S/C26H31O3P/c1-5-9-13-23-19-21(11-7-3)15-17-25(23)28-30(27)29-26-18-16-22(12-8-4)20-24(26)14-10-6-2/h5-8,15-20,27H,1-4,9-14H2. The fourth-order valence-electron chi connectivity index (χ4n) is 3.12. The second-order valence-corrected chi connectivity index (χ2v) is 7.79. The first-order valence-corrected chi connectivity index (χ1v) is 11.3. The van der Waals surface area contributed by atoms with Crippen LogP contribution in [0.5, 0.6) is 11.5 Å². The Morgan fingerprint density at radius 1 is 0.700 bits per heavy atom. The van der Waals surface area contributed by atoms with Crippen LogP contribution in [0.15, 0.2) is 87.0 Å². The molecule has 0 aliphatic carbocycles. The summed E-state index contributed by atoms with van der Waals surface area (Å²) in [4.78, 5) is 10.5. The predicted octanol–water partition coefficient (Wildman–Crippen LogP) is 7.06. The number of aryl methyl sites for hydroxylation is 2. The largest absolute Gasteiger partial charge is 0.460 e. The molecule has 0 amide bonds. The maximum Gasteiger partial charge on any atom is 0.460 e. The molecule has 0 atom stereocenters. The molecule has 30 heavy (non-hydrogen) atoms. The highest BCUT2D eigenvalue weighted by molar-refractivity contribution is 7.41. The van der Waals surface area contributed by atoms with Gasteiger partial charge in [0.25, 0.3) is 0 Å². The second kappa shape index (κ2) is 12.8. The van der Waals surface area contributed by atoms with Gasteiger partial charge in [0.05, 0.1) is 0 Å². The van der Waals surface area contributed by atoms with Gasteiger partial charge >= 0.3 is 8.60 Å². The van der Waals surface area contributed by atoms with Crippen LogP contribution in [0.4, 0.5) is 0 Å². The molecule has 2 aromatic carbocycles. The van der Waals surface area contributed by atoms with Gasteiger partial charge in [-0.15, -0.1) is 26.3 Å². The molecule has 0 radical (unpaired) electrons. The molecule has 1 N–H and O–H groups in total. The van der Waals surface area contributed by atoms with E-state index in [-0.39, 0.29) is 0 Å². The Hall–Kier alpha value is -2.61. The van der Waals surface area contributed by atoms with Crippen molar-refractivity contribution in [1.29, 1.82) is 0 Å². The minimum absolute atomic E-state index is 0.634. The molecule has 2 aromatic rings. The van der Waals surface area contributed by atoms with Crippen LogP contribution < -0.4 is 9.05 Å². The molecule has 0 heterocycles. The lowest BCUT2D eigenvalue weighted by Crippen LogP contribution is -2.01. The quantitative estimate of drug-likeness (QED) is 0.262.